The monoisotopic (exact) mass is 272 g/mol. The molecule has 0 unspecified atom stereocenters. The fourth-order valence-corrected chi connectivity index (χ4v) is 2.73. The summed E-state index contributed by atoms with van der Waals surface area (Å²) < 4.78 is 0. The number of likely N-dealkylation sites (tertiary alicyclic amines) is 1. The molecule has 3 heterocycles. The topological polar surface area (TPSA) is 81.8 Å². The number of amides is 1. The molecule has 0 spiro atoms. The van der Waals surface area contributed by atoms with Crippen LogP contribution in [0.1, 0.15) is 40.6 Å². The second-order valence-electron chi connectivity index (χ2n) is 5.05. The van der Waals surface area contributed by atoms with Crippen molar-refractivity contribution >= 4 is 5.91 Å². The Morgan fingerprint density at radius 3 is 3.00 bits per heavy atom. The number of aromatic nitrogens is 3. The number of rotatable bonds is 2. The lowest BCUT2D eigenvalue weighted by Crippen LogP contribution is -2.32. The summed E-state index contributed by atoms with van der Waals surface area (Å²) >= 11 is 0. The molecule has 2 N–H and O–H groups in total. The van der Waals surface area contributed by atoms with E-state index in [1.807, 2.05) is 6.92 Å². The van der Waals surface area contributed by atoms with Crippen molar-refractivity contribution in [2.24, 2.45) is 0 Å². The zero-order valence-corrected chi connectivity index (χ0v) is 11.2. The van der Waals surface area contributed by atoms with Gasteiger partial charge in [-0.3, -0.25) is 14.7 Å². The van der Waals surface area contributed by atoms with Gasteiger partial charge in [0, 0.05) is 12.6 Å². The standard InChI is InChI=1S/C14H16N4O2/c1-9-8-15-17-13(9)11-5-3-7-18(11)14(20)10-4-2-6-12(19)16-10/h2,4,6,8,11H,3,5,7H2,1H3,(H,15,17)(H,16,19)/t11-/m0/s1. The molecule has 6 nitrogen and oxygen atoms in total. The van der Waals surface area contributed by atoms with Gasteiger partial charge in [-0.05, 0) is 31.4 Å². The Labute approximate surface area is 115 Å². The highest BCUT2D eigenvalue weighted by atomic mass is 16.2. The van der Waals surface area contributed by atoms with Crippen LogP contribution in [0.5, 0.6) is 0 Å². The zero-order chi connectivity index (χ0) is 14.1. The number of pyridine rings is 1. The third-order valence-electron chi connectivity index (χ3n) is 3.71. The summed E-state index contributed by atoms with van der Waals surface area (Å²) in [5.74, 6) is -0.140. The first kappa shape index (κ1) is 12.7. The van der Waals surface area contributed by atoms with Crippen molar-refractivity contribution in [2.75, 3.05) is 6.54 Å². The zero-order valence-electron chi connectivity index (χ0n) is 11.2. The molecule has 104 valence electrons. The smallest absolute Gasteiger partial charge is 0.270 e. The van der Waals surface area contributed by atoms with Crippen LogP contribution in [0.25, 0.3) is 0 Å². The molecular formula is C14H16N4O2. The Morgan fingerprint density at radius 2 is 2.30 bits per heavy atom. The quantitative estimate of drug-likeness (QED) is 0.866. The average Bonchev–Trinajstić information content (AvgIpc) is 3.06. The van der Waals surface area contributed by atoms with Crippen LogP contribution in [0.3, 0.4) is 0 Å². The van der Waals surface area contributed by atoms with Gasteiger partial charge in [0.05, 0.1) is 17.9 Å². The summed E-state index contributed by atoms with van der Waals surface area (Å²) in [4.78, 5) is 28.3. The van der Waals surface area contributed by atoms with E-state index < -0.39 is 0 Å². The van der Waals surface area contributed by atoms with Crippen LogP contribution in [-0.2, 0) is 0 Å². The lowest BCUT2D eigenvalue weighted by Gasteiger charge is -2.24. The summed E-state index contributed by atoms with van der Waals surface area (Å²) in [7, 11) is 0. The van der Waals surface area contributed by atoms with Crippen LogP contribution in [0.15, 0.2) is 29.2 Å². The van der Waals surface area contributed by atoms with Crippen molar-refractivity contribution in [1.82, 2.24) is 20.1 Å². The Bertz CT molecular complexity index is 688. The second kappa shape index (κ2) is 4.96. The van der Waals surface area contributed by atoms with Gasteiger partial charge in [0.25, 0.3) is 5.91 Å². The van der Waals surface area contributed by atoms with Gasteiger partial charge in [0.15, 0.2) is 0 Å². The van der Waals surface area contributed by atoms with E-state index in [-0.39, 0.29) is 17.5 Å². The number of aryl methyl sites for hydroxylation is 1. The molecule has 0 aliphatic carbocycles. The molecule has 0 saturated carbocycles. The highest BCUT2D eigenvalue weighted by Gasteiger charge is 2.32. The first-order valence-electron chi connectivity index (χ1n) is 6.67. The fourth-order valence-electron chi connectivity index (χ4n) is 2.73. The van der Waals surface area contributed by atoms with Crippen LogP contribution in [0.4, 0.5) is 0 Å². The Hall–Kier alpha value is -2.37. The van der Waals surface area contributed by atoms with E-state index >= 15 is 0 Å². The van der Waals surface area contributed by atoms with Gasteiger partial charge in [0.1, 0.15) is 5.69 Å². The van der Waals surface area contributed by atoms with Gasteiger partial charge in [0.2, 0.25) is 5.56 Å². The molecular weight excluding hydrogens is 256 g/mol. The summed E-state index contributed by atoms with van der Waals surface area (Å²) in [6, 6.07) is 4.64. The van der Waals surface area contributed by atoms with Gasteiger partial charge in [-0.2, -0.15) is 5.10 Å². The predicted molar refractivity (Wildman–Crippen MR) is 73.4 cm³/mol. The van der Waals surface area contributed by atoms with Crippen molar-refractivity contribution in [3.63, 3.8) is 0 Å². The highest BCUT2D eigenvalue weighted by molar-refractivity contribution is 5.92. The lowest BCUT2D eigenvalue weighted by molar-refractivity contribution is 0.0726. The maximum atomic E-state index is 12.5. The summed E-state index contributed by atoms with van der Waals surface area (Å²) in [5, 5.41) is 7.01. The minimum atomic E-state index is -0.260. The van der Waals surface area contributed by atoms with Crippen molar-refractivity contribution < 1.29 is 4.79 Å². The largest absolute Gasteiger partial charge is 0.329 e. The second-order valence-corrected chi connectivity index (χ2v) is 5.05. The van der Waals surface area contributed by atoms with Gasteiger partial charge in [-0.25, -0.2) is 0 Å². The molecule has 0 bridgehead atoms. The number of carbonyl (C=O) groups excluding carboxylic acids is 1. The van der Waals surface area contributed by atoms with E-state index in [9.17, 15) is 9.59 Å². The van der Waals surface area contributed by atoms with Gasteiger partial charge < -0.3 is 9.88 Å². The SMILES string of the molecule is Cc1cn[nH]c1[C@@H]1CCCN1C(=O)c1cccc(=O)[nH]1. The van der Waals surface area contributed by atoms with E-state index in [4.69, 9.17) is 0 Å². The molecule has 1 fully saturated rings. The van der Waals surface area contributed by atoms with Crippen molar-refractivity contribution in [3.05, 3.63) is 51.7 Å². The number of hydrogen-bond donors (Lipinski definition) is 2. The number of nitrogens with zero attached hydrogens (tertiary/aromatic N) is 2. The number of nitrogens with one attached hydrogen (secondary N) is 2. The van der Waals surface area contributed by atoms with Crippen molar-refractivity contribution in [2.45, 2.75) is 25.8 Å². The van der Waals surface area contributed by atoms with Crippen LogP contribution >= 0.6 is 0 Å². The lowest BCUT2D eigenvalue weighted by atomic mass is 10.1. The van der Waals surface area contributed by atoms with Gasteiger partial charge >= 0.3 is 0 Å². The molecule has 1 amide bonds. The van der Waals surface area contributed by atoms with Crippen molar-refractivity contribution in [1.29, 1.82) is 0 Å². The van der Waals surface area contributed by atoms with E-state index in [0.717, 1.165) is 24.1 Å². The highest BCUT2D eigenvalue weighted by Crippen LogP contribution is 2.33. The maximum absolute atomic E-state index is 12.5. The van der Waals surface area contributed by atoms with Crippen molar-refractivity contribution in [3.8, 4) is 0 Å². The molecule has 1 saturated heterocycles. The molecule has 3 rings (SSSR count). The minimum Gasteiger partial charge on any atom is -0.329 e. The molecule has 1 atom stereocenters. The molecule has 2 aromatic heterocycles. The maximum Gasteiger partial charge on any atom is 0.270 e. The van der Waals surface area contributed by atoms with Crippen LogP contribution in [0.2, 0.25) is 0 Å². The molecule has 6 heteroatoms. The van der Waals surface area contributed by atoms with E-state index in [1.54, 1.807) is 23.2 Å². The minimum absolute atomic E-state index is 0.00806. The molecule has 1 aliphatic rings. The molecule has 20 heavy (non-hydrogen) atoms. The third-order valence-corrected chi connectivity index (χ3v) is 3.71. The average molecular weight is 272 g/mol. The third kappa shape index (κ3) is 2.13. The number of H-pyrrole nitrogens is 2. The fraction of sp³-hybridized carbons (Fsp3) is 0.357. The Morgan fingerprint density at radius 1 is 1.45 bits per heavy atom. The molecule has 0 aromatic carbocycles. The molecule has 0 radical (unpaired) electrons. The van der Waals surface area contributed by atoms with Crippen LogP contribution < -0.4 is 5.56 Å². The van der Waals surface area contributed by atoms with E-state index in [2.05, 4.69) is 15.2 Å². The van der Waals surface area contributed by atoms with Crippen LogP contribution in [-0.4, -0.2) is 32.5 Å². The Balaban J connectivity index is 1.91. The number of carbonyl (C=O) groups is 1. The van der Waals surface area contributed by atoms with E-state index in [0.29, 0.717) is 12.2 Å². The van der Waals surface area contributed by atoms with Gasteiger partial charge in [-0.1, -0.05) is 6.07 Å². The van der Waals surface area contributed by atoms with Crippen LogP contribution in [0, 0.1) is 6.92 Å². The predicted octanol–water partition coefficient (Wildman–Crippen LogP) is 1.38. The molecule has 1 aliphatic heterocycles. The summed E-state index contributed by atoms with van der Waals surface area (Å²) in [6.07, 6.45) is 3.62. The Kier molecular flexibility index (Phi) is 3.14. The first-order valence-corrected chi connectivity index (χ1v) is 6.67. The number of aromatic amines is 2. The molecule has 2 aromatic rings. The van der Waals surface area contributed by atoms with E-state index in [1.165, 1.54) is 6.07 Å². The summed E-state index contributed by atoms with van der Waals surface area (Å²) in [5.41, 5.74) is 2.11. The van der Waals surface area contributed by atoms with Gasteiger partial charge in [-0.15, -0.1) is 0 Å². The normalized spacial score (nSPS) is 18.4. The number of hydrogen-bond acceptors (Lipinski definition) is 3. The first-order chi connectivity index (χ1) is 9.66. The summed E-state index contributed by atoms with van der Waals surface area (Å²) in [6.45, 7) is 2.67.